The third-order valence-electron chi connectivity index (χ3n) is 3.20. The Morgan fingerprint density at radius 2 is 1.48 bits per heavy atom. The second-order valence-corrected chi connectivity index (χ2v) is 7.64. The van der Waals surface area contributed by atoms with E-state index < -0.39 is 10.1 Å². The highest BCUT2D eigenvalue weighted by molar-refractivity contribution is 7.87. The van der Waals surface area contributed by atoms with Crippen molar-refractivity contribution in [1.29, 1.82) is 0 Å². The Bertz CT molecular complexity index is 723. The van der Waals surface area contributed by atoms with Crippen molar-refractivity contribution in [2.45, 2.75) is 38.0 Å². The van der Waals surface area contributed by atoms with Gasteiger partial charge in [-0.05, 0) is 30.5 Å². The highest BCUT2D eigenvalue weighted by atomic mass is 32.2. The quantitative estimate of drug-likeness (QED) is 0.803. The summed E-state index contributed by atoms with van der Waals surface area (Å²) >= 11 is 0. The first-order chi connectivity index (χ1) is 9.70. The smallest absolute Gasteiger partial charge is 0.339 e. The summed E-state index contributed by atoms with van der Waals surface area (Å²) in [6, 6.07) is 13.9. The molecule has 0 aliphatic rings. The van der Waals surface area contributed by atoms with Crippen LogP contribution in [0.2, 0.25) is 0 Å². The van der Waals surface area contributed by atoms with Crippen molar-refractivity contribution in [3.8, 4) is 5.75 Å². The molecule has 0 heterocycles. The normalized spacial score (nSPS) is 12.2. The molecule has 2 aromatic rings. The van der Waals surface area contributed by atoms with Crippen molar-refractivity contribution in [1.82, 2.24) is 0 Å². The average molecular weight is 304 g/mol. The summed E-state index contributed by atoms with van der Waals surface area (Å²) in [6.07, 6.45) is 0. The first kappa shape index (κ1) is 15.6. The van der Waals surface area contributed by atoms with Gasteiger partial charge in [0.2, 0.25) is 0 Å². The van der Waals surface area contributed by atoms with Gasteiger partial charge in [0.05, 0.1) is 0 Å². The van der Waals surface area contributed by atoms with E-state index in [2.05, 4.69) is 0 Å². The van der Waals surface area contributed by atoms with Gasteiger partial charge in [-0.25, -0.2) is 0 Å². The fourth-order valence-electron chi connectivity index (χ4n) is 2.03. The maximum atomic E-state index is 12.4. The molecule has 0 radical (unpaired) electrons. The molecule has 0 fully saturated rings. The molecule has 0 aliphatic heterocycles. The van der Waals surface area contributed by atoms with Crippen molar-refractivity contribution in [3.63, 3.8) is 0 Å². The topological polar surface area (TPSA) is 43.4 Å². The SMILES string of the molecule is Cc1ccc(S(=O)(=O)Oc2ccccc2C(C)(C)C)cc1. The Morgan fingerprint density at radius 1 is 0.905 bits per heavy atom. The highest BCUT2D eigenvalue weighted by Crippen LogP contribution is 2.32. The first-order valence-electron chi connectivity index (χ1n) is 6.81. The monoisotopic (exact) mass is 304 g/mol. The van der Waals surface area contributed by atoms with Gasteiger partial charge in [-0.15, -0.1) is 0 Å². The second-order valence-electron chi connectivity index (χ2n) is 6.10. The lowest BCUT2D eigenvalue weighted by molar-refractivity contribution is 0.470. The molecule has 0 N–H and O–H groups in total. The van der Waals surface area contributed by atoms with Gasteiger partial charge in [0.15, 0.2) is 0 Å². The van der Waals surface area contributed by atoms with E-state index in [0.29, 0.717) is 5.75 Å². The van der Waals surface area contributed by atoms with Crippen LogP contribution in [-0.2, 0) is 15.5 Å². The van der Waals surface area contributed by atoms with Crippen LogP contribution in [0.4, 0.5) is 0 Å². The largest absolute Gasteiger partial charge is 0.379 e. The summed E-state index contributed by atoms with van der Waals surface area (Å²) in [7, 11) is -3.81. The van der Waals surface area contributed by atoms with Crippen molar-refractivity contribution in [2.75, 3.05) is 0 Å². The minimum absolute atomic E-state index is 0.164. The standard InChI is InChI=1S/C17H20O3S/c1-13-9-11-14(12-10-13)21(18,19)20-16-8-6-5-7-15(16)17(2,3)4/h5-12H,1-4H3. The van der Waals surface area contributed by atoms with Crippen LogP contribution >= 0.6 is 0 Å². The van der Waals surface area contributed by atoms with Gasteiger partial charge in [0.25, 0.3) is 0 Å². The molecule has 0 spiro atoms. The Labute approximate surface area is 126 Å². The molecule has 0 amide bonds. The van der Waals surface area contributed by atoms with Crippen LogP contribution in [0, 0.1) is 6.92 Å². The molecule has 0 aromatic heterocycles. The summed E-state index contributed by atoms with van der Waals surface area (Å²) in [5.41, 5.74) is 1.67. The second kappa shape index (κ2) is 5.53. The zero-order valence-corrected chi connectivity index (χ0v) is 13.6. The summed E-state index contributed by atoms with van der Waals surface area (Å²) in [5.74, 6) is 0.380. The van der Waals surface area contributed by atoms with Gasteiger partial charge in [-0.3, -0.25) is 0 Å². The minimum atomic E-state index is -3.81. The van der Waals surface area contributed by atoms with Crippen molar-refractivity contribution in [3.05, 3.63) is 59.7 Å². The lowest BCUT2D eigenvalue weighted by Crippen LogP contribution is -2.16. The fraction of sp³-hybridized carbons (Fsp3) is 0.294. The van der Waals surface area contributed by atoms with Crippen LogP contribution < -0.4 is 4.18 Å². The minimum Gasteiger partial charge on any atom is -0.379 e. The molecule has 4 heteroatoms. The summed E-state index contributed by atoms with van der Waals surface area (Å²) in [5, 5.41) is 0. The molecule has 0 saturated heterocycles. The number of hydrogen-bond donors (Lipinski definition) is 0. The summed E-state index contributed by atoms with van der Waals surface area (Å²) < 4.78 is 30.1. The van der Waals surface area contributed by atoms with E-state index in [-0.39, 0.29) is 10.3 Å². The molecular formula is C17H20O3S. The van der Waals surface area contributed by atoms with E-state index in [9.17, 15) is 8.42 Å². The van der Waals surface area contributed by atoms with Crippen LogP contribution in [0.3, 0.4) is 0 Å². The van der Waals surface area contributed by atoms with E-state index in [0.717, 1.165) is 11.1 Å². The number of rotatable bonds is 3. The molecule has 21 heavy (non-hydrogen) atoms. The fourth-order valence-corrected chi connectivity index (χ4v) is 2.98. The predicted molar refractivity (Wildman–Crippen MR) is 84.1 cm³/mol. The van der Waals surface area contributed by atoms with E-state index in [1.54, 1.807) is 36.4 Å². The van der Waals surface area contributed by atoms with E-state index in [4.69, 9.17) is 4.18 Å². The summed E-state index contributed by atoms with van der Waals surface area (Å²) in [4.78, 5) is 0.164. The number of benzene rings is 2. The zero-order valence-electron chi connectivity index (χ0n) is 12.8. The van der Waals surface area contributed by atoms with Crippen molar-refractivity contribution in [2.24, 2.45) is 0 Å². The molecule has 0 atom stereocenters. The third-order valence-corrected chi connectivity index (χ3v) is 4.45. The third kappa shape index (κ3) is 3.64. The van der Waals surface area contributed by atoms with Crippen LogP contribution in [-0.4, -0.2) is 8.42 Å². The number of hydrogen-bond acceptors (Lipinski definition) is 3. The predicted octanol–water partition coefficient (Wildman–Crippen LogP) is 4.06. The van der Waals surface area contributed by atoms with Gasteiger partial charge in [0, 0.05) is 5.56 Å². The zero-order chi connectivity index (χ0) is 15.7. The molecule has 112 valence electrons. The lowest BCUT2D eigenvalue weighted by Gasteiger charge is -2.22. The van der Waals surface area contributed by atoms with Crippen LogP contribution in [0.1, 0.15) is 31.9 Å². The summed E-state index contributed by atoms with van der Waals surface area (Å²) in [6.45, 7) is 7.97. The van der Waals surface area contributed by atoms with Crippen molar-refractivity contribution < 1.29 is 12.6 Å². The van der Waals surface area contributed by atoms with E-state index in [1.807, 2.05) is 39.8 Å². The van der Waals surface area contributed by atoms with E-state index >= 15 is 0 Å². The van der Waals surface area contributed by atoms with Gasteiger partial charge >= 0.3 is 10.1 Å². The molecule has 0 bridgehead atoms. The molecule has 0 aliphatic carbocycles. The van der Waals surface area contributed by atoms with Crippen LogP contribution in [0.15, 0.2) is 53.4 Å². The molecule has 3 nitrogen and oxygen atoms in total. The average Bonchev–Trinajstić information content (AvgIpc) is 2.38. The van der Waals surface area contributed by atoms with Gasteiger partial charge in [0.1, 0.15) is 10.6 Å². The first-order valence-corrected chi connectivity index (χ1v) is 8.22. The number of para-hydroxylation sites is 1. The Balaban J connectivity index is 2.40. The van der Waals surface area contributed by atoms with Crippen molar-refractivity contribution >= 4 is 10.1 Å². The molecule has 0 unspecified atom stereocenters. The van der Waals surface area contributed by atoms with Gasteiger partial charge in [-0.2, -0.15) is 8.42 Å². The van der Waals surface area contributed by atoms with Crippen LogP contribution in [0.25, 0.3) is 0 Å². The number of aryl methyl sites for hydroxylation is 1. The van der Waals surface area contributed by atoms with E-state index in [1.165, 1.54) is 0 Å². The lowest BCUT2D eigenvalue weighted by atomic mass is 9.86. The highest BCUT2D eigenvalue weighted by Gasteiger charge is 2.23. The van der Waals surface area contributed by atoms with Crippen LogP contribution in [0.5, 0.6) is 5.75 Å². The van der Waals surface area contributed by atoms with Gasteiger partial charge < -0.3 is 4.18 Å². The molecule has 2 rings (SSSR count). The Morgan fingerprint density at radius 3 is 2.05 bits per heavy atom. The Kier molecular flexibility index (Phi) is 4.10. The molecule has 0 saturated carbocycles. The Hall–Kier alpha value is -1.81. The maximum absolute atomic E-state index is 12.4. The van der Waals surface area contributed by atoms with Gasteiger partial charge in [-0.1, -0.05) is 56.7 Å². The molecule has 2 aromatic carbocycles. The maximum Gasteiger partial charge on any atom is 0.339 e. The molecular weight excluding hydrogens is 284 g/mol.